The third-order valence-electron chi connectivity index (χ3n) is 4.17. The van der Waals surface area contributed by atoms with Gasteiger partial charge < -0.3 is 9.88 Å². The average molecular weight is 373 g/mol. The van der Waals surface area contributed by atoms with Crippen LogP contribution < -0.4 is 10.9 Å². The quantitative estimate of drug-likeness (QED) is 0.688. The second-order valence-electron chi connectivity index (χ2n) is 5.71. The van der Waals surface area contributed by atoms with Gasteiger partial charge in [0.25, 0.3) is 11.5 Å². The molecular formula is C19H20N2O2S2. The van der Waals surface area contributed by atoms with Crippen LogP contribution in [0.25, 0.3) is 10.1 Å². The summed E-state index contributed by atoms with van der Waals surface area (Å²) in [5.41, 5.74) is 1.45. The molecule has 0 fully saturated rings. The van der Waals surface area contributed by atoms with Crippen molar-refractivity contribution in [3.63, 3.8) is 0 Å². The summed E-state index contributed by atoms with van der Waals surface area (Å²) in [4.78, 5) is 27.4. The lowest BCUT2D eigenvalue weighted by molar-refractivity contribution is 0.0952. The zero-order valence-electron chi connectivity index (χ0n) is 14.5. The number of aromatic nitrogens is 1. The van der Waals surface area contributed by atoms with E-state index in [0.717, 1.165) is 15.1 Å². The van der Waals surface area contributed by atoms with Crippen molar-refractivity contribution in [3.8, 4) is 0 Å². The highest BCUT2D eigenvalue weighted by Gasteiger charge is 2.19. The van der Waals surface area contributed by atoms with E-state index in [2.05, 4.69) is 5.32 Å². The normalized spacial score (nSPS) is 11.0. The van der Waals surface area contributed by atoms with Gasteiger partial charge in [-0.1, -0.05) is 12.1 Å². The van der Waals surface area contributed by atoms with Gasteiger partial charge in [0, 0.05) is 33.8 Å². The molecule has 0 aliphatic heterocycles. The largest absolute Gasteiger partial charge is 0.348 e. The predicted molar refractivity (Wildman–Crippen MR) is 106 cm³/mol. The first kappa shape index (κ1) is 17.8. The van der Waals surface area contributed by atoms with Gasteiger partial charge in [-0.3, -0.25) is 9.59 Å². The molecule has 0 atom stereocenters. The molecule has 25 heavy (non-hydrogen) atoms. The van der Waals surface area contributed by atoms with Crippen LogP contribution in [0.2, 0.25) is 0 Å². The van der Waals surface area contributed by atoms with Crippen LogP contribution in [0.4, 0.5) is 0 Å². The lowest BCUT2D eigenvalue weighted by Crippen LogP contribution is -2.26. The van der Waals surface area contributed by atoms with Crippen LogP contribution in [0.15, 0.2) is 46.2 Å². The molecule has 1 aromatic carbocycles. The number of nitrogens with one attached hydrogen (secondary N) is 1. The summed E-state index contributed by atoms with van der Waals surface area (Å²) in [6.45, 7) is 4.85. The summed E-state index contributed by atoms with van der Waals surface area (Å²) in [7, 11) is 0. The molecule has 130 valence electrons. The minimum atomic E-state index is -0.191. The van der Waals surface area contributed by atoms with E-state index in [0.29, 0.717) is 24.0 Å². The van der Waals surface area contributed by atoms with Crippen molar-refractivity contribution in [2.45, 2.75) is 31.8 Å². The van der Waals surface area contributed by atoms with E-state index in [4.69, 9.17) is 0 Å². The maximum Gasteiger partial charge on any atom is 0.260 e. The van der Waals surface area contributed by atoms with E-state index in [1.54, 1.807) is 22.5 Å². The van der Waals surface area contributed by atoms with E-state index in [1.807, 2.05) is 50.4 Å². The summed E-state index contributed by atoms with van der Waals surface area (Å²) in [5.74, 6) is -0.191. The summed E-state index contributed by atoms with van der Waals surface area (Å²) in [6.07, 6.45) is 3.82. The number of fused-ring (bicyclic) bond motifs is 1. The zero-order chi connectivity index (χ0) is 18.0. The third kappa shape index (κ3) is 3.50. The first-order chi connectivity index (χ1) is 12.0. The molecule has 0 saturated carbocycles. The van der Waals surface area contributed by atoms with Gasteiger partial charge in [-0.15, -0.1) is 23.1 Å². The van der Waals surface area contributed by atoms with Crippen molar-refractivity contribution in [1.82, 2.24) is 9.88 Å². The van der Waals surface area contributed by atoms with Crippen molar-refractivity contribution in [2.24, 2.45) is 0 Å². The fourth-order valence-corrected chi connectivity index (χ4v) is 4.26. The van der Waals surface area contributed by atoms with Crippen LogP contribution in [-0.2, 0) is 13.1 Å². The highest BCUT2D eigenvalue weighted by Crippen LogP contribution is 2.28. The molecule has 1 amide bonds. The molecule has 0 radical (unpaired) electrons. The summed E-state index contributed by atoms with van der Waals surface area (Å²) < 4.78 is 2.49. The highest BCUT2D eigenvalue weighted by atomic mass is 32.2. The molecule has 3 rings (SSSR count). The summed E-state index contributed by atoms with van der Waals surface area (Å²) >= 11 is 3.18. The zero-order valence-corrected chi connectivity index (χ0v) is 16.1. The van der Waals surface area contributed by atoms with Crippen molar-refractivity contribution >= 4 is 39.1 Å². The van der Waals surface area contributed by atoms with Crippen LogP contribution in [0.3, 0.4) is 0 Å². The van der Waals surface area contributed by atoms with Crippen LogP contribution >= 0.6 is 23.1 Å². The van der Waals surface area contributed by atoms with Crippen LogP contribution in [0.1, 0.15) is 27.7 Å². The topological polar surface area (TPSA) is 51.1 Å². The molecule has 2 heterocycles. The van der Waals surface area contributed by atoms with Crippen LogP contribution in [0.5, 0.6) is 0 Å². The number of rotatable bonds is 5. The molecule has 0 aliphatic carbocycles. The standard InChI is InChI=1S/C19H20N2O2S2/c1-4-21-10-9-15-17(19(21)23)16(12(2)25-15)18(22)20-11-13-5-7-14(24-3)8-6-13/h5-10H,4,11H2,1-3H3,(H,20,22). The van der Waals surface area contributed by atoms with E-state index < -0.39 is 0 Å². The number of aryl methyl sites for hydroxylation is 2. The smallest absolute Gasteiger partial charge is 0.260 e. The van der Waals surface area contributed by atoms with Crippen LogP contribution in [-0.4, -0.2) is 16.7 Å². The van der Waals surface area contributed by atoms with Gasteiger partial charge in [-0.05, 0) is 43.9 Å². The maximum atomic E-state index is 12.7. The maximum absolute atomic E-state index is 12.7. The fourth-order valence-electron chi connectivity index (χ4n) is 2.80. The molecule has 0 spiro atoms. The van der Waals surface area contributed by atoms with Crippen molar-refractivity contribution < 1.29 is 4.79 Å². The second kappa shape index (κ2) is 7.45. The number of benzene rings is 1. The third-order valence-corrected chi connectivity index (χ3v) is 5.99. The average Bonchev–Trinajstić information content (AvgIpc) is 2.97. The number of hydrogen-bond acceptors (Lipinski definition) is 4. The predicted octanol–water partition coefficient (Wildman–Crippen LogP) is 4.04. The van der Waals surface area contributed by atoms with Gasteiger partial charge in [-0.2, -0.15) is 0 Å². The summed E-state index contributed by atoms with van der Waals surface area (Å²) in [6, 6.07) is 10.0. The van der Waals surface area contributed by atoms with E-state index >= 15 is 0 Å². The Hall–Kier alpha value is -2.05. The Morgan fingerprint density at radius 3 is 2.60 bits per heavy atom. The molecule has 1 N–H and O–H groups in total. The molecule has 0 bridgehead atoms. The Bertz CT molecular complexity index is 971. The van der Waals surface area contributed by atoms with Gasteiger partial charge in [-0.25, -0.2) is 0 Å². The second-order valence-corrected chi connectivity index (χ2v) is 7.85. The first-order valence-corrected chi connectivity index (χ1v) is 10.1. The molecule has 0 aliphatic rings. The summed E-state index contributed by atoms with van der Waals surface area (Å²) in [5, 5.41) is 3.48. The Morgan fingerprint density at radius 2 is 1.96 bits per heavy atom. The number of amides is 1. The van der Waals surface area contributed by atoms with E-state index in [1.165, 1.54) is 16.2 Å². The van der Waals surface area contributed by atoms with Gasteiger partial charge in [0.2, 0.25) is 0 Å². The number of pyridine rings is 1. The molecule has 3 aromatic rings. The monoisotopic (exact) mass is 372 g/mol. The Balaban J connectivity index is 1.88. The van der Waals surface area contributed by atoms with Crippen molar-refractivity contribution in [2.75, 3.05) is 6.26 Å². The molecular weight excluding hydrogens is 352 g/mol. The molecule has 6 heteroatoms. The van der Waals surface area contributed by atoms with Crippen molar-refractivity contribution in [1.29, 1.82) is 0 Å². The molecule has 0 saturated heterocycles. The lowest BCUT2D eigenvalue weighted by atomic mass is 10.1. The number of thiophene rings is 1. The Labute approximate surface area is 154 Å². The molecule has 0 unspecified atom stereocenters. The SMILES string of the molecule is CCn1ccc2sc(C)c(C(=O)NCc3ccc(SC)cc3)c2c1=O. The molecule has 4 nitrogen and oxygen atoms in total. The minimum absolute atomic E-state index is 0.0983. The minimum Gasteiger partial charge on any atom is -0.348 e. The number of carbonyl (C=O) groups is 1. The van der Waals surface area contributed by atoms with Crippen LogP contribution in [0, 0.1) is 6.92 Å². The van der Waals surface area contributed by atoms with E-state index in [-0.39, 0.29) is 11.5 Å². The number of hydrogen-bond donors (Lipinski definition) is 1. The van der Waals surface area contributed by atoms with Gasteiger partial charge >= 0.3 is 0 Å². The van der Waals surface area contributed by atoms with Gasteiger partial charge in [0.15, 0.2) is 0 Å². The number of thioether (sulfide) groups is 1. The highest BCUT2D eigenvalue weighted by molar-refractivity contribution is 7.98. The van der Waals surface area contributed by atoms with Gasteiger partial charge in [0.1, 0.15) is 0 Å². The Morgan fingerprint density at radius 1 is 1.24 bits per heavy atom. The number of carbonyl (C=O) groups excluding carboxylic acids is 1. The van der Waals surface area contributed by atoms with Crippen molar-refractivity contribution in [3.05, 3.63) is 62.9 Å². The fraction of sp³-hybridized carbons (Fsp3) is 0.263. The lowest BCUT2D eigenvalue weighted by Gasteiger charge is -2.07. The number of nitrogens with zero attached hydrogens (tertiary/aromatic N) is 1. The first-order valence-electron chi connectivity index (χ1n) is 8.08. The van der Waals surface area contributed by atoms with Gasteiger partial charge in [0.05, 0.1) is 10.9 Å². The van der Waals surface area contributed by atoms with E-state index in [9.17, 15) is 9.59 Å². The Kier molecular flexibility index (Phi) is 5.30. The molecule has 2 aromatic heterocycles.